The summed E-state index contributed by atoms with van der Waals surface area (Å²) in [6, 6.07) is 19.4. The molecule has 172 valence electrons. The van der Waals surface area contributed by atoms with Crippen LogP contribution < -0.4 is 4.90 Å². The first kappa shape index (κ1) is 23.0. The average molecular weight is 440 g/mol. The molecule has 1 heterocycles. The molecule has 3 aromatic carbocycles. The molecule has 0 bridgehead atoms. The Morgan fingerprint density at radius 3 is 1.28 bits per heavy atom. The van der Waals surface area contributed by atoms with Crippen molar-refractivity contribution in [3.05, 3.63) is 54.6 Å². The van der Waals surface area contributed by atoms with E-state index < -0.39 is 0 Å². The number of fused-ring (bicyclic) bond motifs is 2. The van der Waals surface area contributed by atoms with Crippen LogP contribution >= 0.6 is 0 Å². The van der Waals surface area contributed by atoms with Gasteiger partial charge in [0.15, 0.2) is 0 Å². The third kappa shape index (κ3) is 6.40. The second-order valence-corrected chi connectivity index (χ2v) is 7.72. The van der Waals surface area contributed by atoms with E-state index in [1.807, 2.05) is 0 Å². The van der Waals surface area contributed by atoms with Crippen molar-refractivity contribution < 1.29 is 23.7 Å². The Labute approximate surface area is 189 Å². The Hall–Kier alpha value is -2.22. The normalized spacial score (nSPS) is 18.9. The Balaban J connectivity index is 1.53. The number of anilines is 1. The van der Waals surface area contributed by atoms with Crippen LogP contribution in [0, 0.1) is 0 Å². The minimum Gasteiger partial charge on any atom is -0.377 e. The van der Waals surface area contributed by atoms with E-state index in [0.717, 1.165) is 13.1 Å². The maximum atomic E-state index is 5.89. The van der Waals surface area contributed by atoms with E-state index in [0.29, 0.717) is 66.1 Å². The van der Waals surface area contributed by atoms with Gasteiger partial charge in [0.05, 0.1) is 71.8 Å². The Morgan fingerprint density at radius 1 is 0.469 bits per heavy atom. The van der Waals surface area contributed by atoms with Crippen molar-refractivity contribution >= 4 is 27.2 Å². The van der Waals surface area contributed by atoms with Gasteiger partial charge in [0, 0.05) is 23.9 Å². The van der Waals surface area contributed by atoms with Crippen LogP contribution in [-0.2, 0) is 23.7 Å². The van der Waals surface area contributed by atoms with Gasteiger partial charge in [-0.2, -0.15) is 0 Å². The van der Waals surface area contributed by atoms with Crippen molar-refractivity contribution in [1.82, 2.24) is 0 Å². The highest BCUT2D eigenvalue weighted by Crippen LogP contribution is 2.35. The lowest BCUT2D eigenvalue weighted by atomic mass is 10.00. The minimum atomic E-state index is 0.570. The standard InChI is InChI=1S/C26H33NO5/c1-3-7-24-22(5-1)21-23-6-2-4-8-25(23)26(24)27-9-11-28-13-15-30-17-19-32-20-18-31-16-14-29-12-10-27/h1-8,21H,9-20H2. The van der Waals surface area contributed by atoms with Crippen LogP contribution in [0.3, 0.4) is 0 Å². The molecule has 0 unspecified atom stereocenters. The summed E-state index contributed by atoms with van der Waals surface area (Å²) in [6.07, 6.45) is 0. The summed E-state index contributed by atoms with van der Waals surface area (Å²) in [4.78, 5) is 2.39. The Morgan fingerprint density at radius 2 is 0.844 bits per heavy atom. The predicted octanol–water partition coefficient (Wildman–Crippen LogP) is 3.90. The van der Waals surface area contributed by atoms with Crippen molar-refractivity contribution in [2.45, 2.75) is 0 Å². The maximum Gasteiger partial charge on any atom is 0.0701 e. The quantitative estimate of drug-likeness (QED) is 0.536. The van der Waals surface area contributed by atoms with Crippen LogP contribution in [0.2, 0.25) is 0 Å². The lowest BCUT2D eigenvalue weighted by molar-refractivity contribution is -0.0116. The van der Waals surface area contributed by atoms with Gasteiger partial charge < -0.3 is 28.6 Å². The van der Waals surface area contributed by atoms with Crippen LogP contribution in [0.25, 0.3) is 21.5 Å². The van der Waals surface area contributed by atoms with E-state index in [1.165, 1.54) is 27.2 Å². The maximum absolute atomic E-state index is 5.89. The molecule has 0 saturated carbocycles. The van der Waals surface area contributed by atoms with Crippen LogP contribution in [0.1, 0.15) is 0 Å². The molecule has 1 fully saturated rings. The zero-order valence-electron chi connectivity index (χ0n) is 18.7. The van der Waals surface area contributed by atoms with Gasteiger partial charge in [0.25, 0.3) is 0 Å². The van der Waals surface area contributed by atoms with Gasteiger partial charge in [-0.1, -0.05) is 48.5 Å². The highest BCUT2D eigenvalue weighted by molar-refractivity contribution is 6.11. The number of hydrogen-bond acceptors (Lipinski definition) is 6. The van der Waals surface area contributed by atoms with Crippen LogP contribution in [0.4, 0.5) is 5.69 Å². The first-order chi connectivity index (χ1) is 15.9. The summed E-state index contributed by atoms with van der Waals surface area (Å²) in [5.74, 6) is 0. The summed E-state index contributed by atoms with van der Waals surface area (Å²) >= 11 is 0. The lowest BCUT2D eigenvalue weighted by Crippen LogP contribution is -2.32. The molecule has 32 heavy (non-hydrogen) atoms. The predicted molar refractivity (Wildman–Crippen MR) is 128 cm³/mol. The minimum absolute atomic E-state index is 0.570. The zero-order valence-corrected chi connectivity index (χ0v) is 18.7. The molecule has 0 amide bonds. The van der Waals surface area contributed by atoms with E-state index >= 15 is 0 Å². The molecule has 0 atom stereocenters. The number of rotatable bonds is 1. The first-order valence-electron chi connectivity index (χ1n) is 11.5. The van der Waals surface area contributed by atoms with Crippen LogP contribution in [-0.4, -0.2) is 79.2 Å². The first-order valence-corrected chi connectivity index (χ1v) is 11.5. The van der Waals surface area contributed by atoms with E-state index in [-0.39, 0.29) is 0 Å². The van der Waals surface area contributed by atoms with Crippen molar-refractivity contribution in [2.75, 3.05) is 84.1 Å². The average Bonchev–Trinajstić information content (AvgIpc) is 2.83. The van der Waals surface area contributed by atoms with E-state index in [9.17, 15) is 0 Å². The molecule has 0 aliphatic carbocycles. The summed E-state index contributed by atoms with van der Waals surface area (Å²) in [5.41, 5.74) is 1.24. The van der Waals surface area contributed by atoms with Crippen molar-refractivity contribution in [1.29, 1.82) is 0 Å². The second kappa shape index (κ2) is 12.7. The highest BCUT2D eigenvalue weighted by Gasteiger charge is 2.15. The van der Waals surface area contributed by atoms with Crippen LogP contribution in [0.15, 0.2) is 54.6 Å². The molecular weight excluding hydrogens is 406 g/mol. The number of ether oxygens (including phenoxy) is 5. The topological polar surface area (TPSA) is 49.4 Å². The van der Waals surface area contributed by atoms with Gasteiger partial charge in [-0.05, 0) is 16.8 Å². The van der Waals surface area contributed by atoms with Crippen LogP contribution in [0.5, 0.6) is 0 Å². The summed E-state index contributed by atoms with van der Waals surface area (Å²) < 4.78 is 28.4. The largest absolute Gasteiger partial charge is 0.377 e. The Bertz CT molecular complexity index is 891. The fourth-order valence-electron chi connectivity index (χ4n) is 4.00. The Kier molecular flexibility index (Phi) is 9.13. The summed E-state index contributed by atoms with van der Waals surface area (Å²) in [5, 5.41) is 4.98. The van der Waals surface area contributed by atoms with Gasteiger partial charge in [0.2, 0.25) is 0 Å². The van der Waals surface area contributed by atoms with Gasteiger partial charge in [-0.25, -0.2) is 0 Å². The molecule has 1 aliphatic rings. The molecule has 0 aromatic heterocycles. The molecule has 1 saturated heterocycles. The van der Waals surface area contributed by atoms with Crippen molar-refractivity contribution in [3.8, 4) is 0 Å². The smallest absolute Gasteiger partial charge is 0.0701 e. The molecule has 1 aliphatic heterocycles. The number of hydrogen-bond donors (Lipinski definition) is 0. The van der Waals surface area contributed by atoms with Gasteiger partial charge in [-0.3, -0.25) is 0 Å². The third-order valence-electron chi connectivity index (χ3n) is 5.56. The molecule has 6 nitrogen and oxygen atoms in total. The highest BCUT2D eigenvalue weighted by atomic mass is 16.6. The van der Waals surface area contributed by atoms with E-state index in [4.69, 9.17) is 23.7 Å². The molecule has 0 spiro atoms. The third-order valence-corrected chi connectivity index (χ3v) is 5.56. The van der Waals surface area contributed by atoms with Crippen molar-refractivity contribution in [2.24, 2.45) is 0 Å². The molecule has 6 heteroatoms. The fourth-order valence-corrected chi connectivity index (χ4v) is 4.00. The fraction of sp³-hybridized carbons (Fsp3) is 0.462. The van der Waals surface area contributed by atoms with E-state index in [1.54, 1.807) is 0 Å². The second-order valence-electron chi connectivity index (χ2n) is 7.72. The molecule has 4 rings (SSSR count). The number of nitrogens with zero attached hydrogens (tertiary/aromatic N) is 1. The monoisotopic (exact) mass is 439 g/mol. The zero-order chi connectivity index (χ0) is 21.8. The van der Waals surface area contributed by atoms with Gasteiger partial charge in [-0.15, -0.1) is 0 Å². The van der Waals surface area contributed by atoms with E-state index in [2.05, 4.69) is 59.5 Å². The van der Waals surface area contributed by atoms with Gasteiger partial charge in [0.1, 0.15) is 0 Å². The number of benzene rings is 3. The molecule has 3 aromatic rings. The molecule has 0 N–H and O–H groups in total. The summed E-state index contributed by atoms with van der Waals surface area (Å²) in [6.45, 7) is 7.38. The molecular formula is C26H33NO5. The SMILES string of the molecule is c1ccc2c(N3CCOCCOCCOCCOCCOCC3)c3ccccc3cc2c1. The van der Waals surface area contributed by atoms with Crippen molar-refractivity contribution in [3.63, 3.8) is 0 Å². The summed E-state index contributed by atoms with van der Waals surface area (Å²) in [7, 11) is 0. The lowest BCUT2D eigenvalue weighted by Gasteiger charge is -2.28. The van der Waals surface area contributed by atoms with Gasteiger partial charge >= 0.3 is 0 Å². The molecule has 0 radical (unpaired) electrons.